The molecule has 1 aliphatic heterocycles. The first-order chi connectivity index (χ1) is 12.1. The second-order valence-electron chi connectivity index (χ2n) is 6.38. The van der Waals surface area contributed by atoms with Crippen LogP contribution in [0.3, 0.4) is 0 Å². The molecule has 5 heteroatoms. The Labute approximate surface area is 145 Å². The van der Waals surface area contributed by atoms with Gasteiger partial charge in [0, 0.05) is 23.9 Å². The number of aryl methyl sites for hydroxylation is 2. The lowest BCUT2D eigenvalue weighted by Gasteiger charge is -2.19. The summed E-state index contributed by atoms with van der Waals surface area (Å²) in [5.74, 6) is 1.49. The highest BCUT2D eigenvalue weighted by atomic mass is 16.6. The number of rotatable bonds is 3. The number of fused-ring (bicyclic) bond motifs is 2. The molecule has 2 heterocycles. The van der Waals surface area contributed by atoms with E-state index in [0.717, 1.165) is 33.7 Å². The number of aromatic nitrogens is 1. The van der Waals surface area contributed by atoms with E-state index in [1.807, 2.05) is 31.2 Å². The van der Waals surface area contributed by atoms with Crippen molar-refractivity contribution in [3.8, 4) is 11.5 Å². The number of anilines is 1. The summed E-state index contributed by atoms with van der Waals surface area (Å²) in [7, 11) is 0. The van der Waals surface area contributed by atoms with E-state index in [-0.39, 0.29) is 5.56 Å². The van der Waals surface area contributed by atoms with Gasteiger partial charge in [0.15, 0.2) is 11.5 Å². The van der Waals surface area contributed by atoms with Gasteiger partial charge in [-0.1, -0.05) is 11.6 Å². The normalized spacial score (nSPS) is 13.0. The molecule has 128 valence electrons. The number of ether oxygens (including phenoxy) is 2. The molecule has 0 saturated heterocycles. The molecule has 0 fully saturated rings. The molecule has 0 radical (unpaired) electrons. The van der Waals surface area contributed by atoms with Gasteiger partial charge in [0.05, 0.1) is 5.52 Å². The maximum atomic E-state index is 12.4. The minimum atomic E-state index is -0.0653. The minimum absolute atomic E-state index is 0.0653. The first kappa shape index (κ1) is 15.6. The molecule has 0 unspecified atom stereocenters. The average molecular weight is 336 g/mol. The topological polar surface area (TPSA) is 63.4 Å². The highest BCUT2D eigenvalue weighted by Gasteiger charge is 2.12. The number of benzene rings is 2. The van der Waals surface area contributed by atoms with E-state index < -0.39 is 0 Å². The SMILES string of the molecule is Cc1cc(C)c2[nH]c(=O)c(CNc3ccc4c(c3)OCCO4)cc2c1. The fraction of sp³-hybridized carbons (Fsp3) is 0.250. The van der Waals surface area contributed by atoms with Crippen LogP contribution in [0.25, 0.3) is 10.9 Å². The zero-order valence-electron chi connectivity index (χ0n) is 14.3. The quantitative estimate of drug-likeness (QED) is 0.768. The van der Waals surface area contributed by atoms with Gasteiger partial charge in [0.1, 0.15) is 13.2 Å². The molecule has 0 spiro atoms. The van der Waals surface area contributed by atoms with Crippen molar-refractivity contribution in [1.29, 1.82) is 0 Å². The summed E-state index contributed by atoms with van der Waals surface area (Å²) >= 11 is 0. The van der Waals surface area contributed by atoms with Crippen LogP contribution in [0.15, 0.2) is 41.2 Å². The molecule has 3 aromatic rings. The van der Waals surface area contributed by atoms with Gasteiger partial charge in [-0.2, -0.15) is 0 Å². The van der Waals surface area contributed by atoms with E-state index in [1.165, 1.54) is 5.56 Å². The van der Waals surface area contributed by atoms with Crippen molar-refractivity contribution in [3.05, 3.63) is 63.4 Å². The molecule has 1 aromatic heterocycles. The van der Waals surface area contributed by atoms with Gasteiger partial charge in [-0.15, -0.1) is 0 Å². The summed E-state index contributed by atoms with van der Waals surface area (Å²) in [6.07, 6.45) is 0. The molecule has 0 atom stereocenters. The van der Waals surface area contributed by atoms with Gasteiger partial charge in [-0.3, -0.25) is 4.79 Å². The molecular formula is C20H20N2O3. The van der Waals surface area contributed by atoms with E-state index in [2.05, 4.69) is 29.4 Å². The van der Waals surface area contributed by atoms with Gasteiger partial charge in [0.25, 0.3) is 5.56 Å². The zero-order chi connectivity index (χ0) is 17.4. The van der Waals surface area contributed by atoms with Gasteiger partial charge < -0.3 is 19.8 Å². The molecule has 4 rings (SSSR count). The Hall–Kier alpha value is -2.95. The van der Waals surface area contributed by atoms with Crippen LogP contribution in [-0.2, 0) is 6.54 Å². The van der Waals surface area contributed by atoms with E-state index in [4.69, 9.17) is 9.47 Å². The smallest absolute Gasteiger partial charge is 0.253 e. The zero-order valence-corrected chi connectivity index (χ0v) is 14.3. The Morgan fingerprint density at radius 1 is 1.04 bits per heavy atom. The van der Waals surface area contributed by atoms with Gasteiger partial charge in [0.2, 0.25) is 0 Å². The van der Waals surface area contributed by atoms with Crippen molar-refractivity contribution in [2.75, 3.05) is 18.5 Å². The minimum Gasteiger partial charge on any atom is -0.486 e. The Bertz CT molecular complexity index is 1010. The fourth-order valence-electron chi connectivity index (χ4n) is 3.21. The second-order valence-corrected chi connectivity index (χ2v) is 6.38. The monoisotopic (exact) mass is 336 g/mol. The number of aromatic amines is 1. The van der Waals surface area contributed by atoms with Crippen molar-refractivity contribution >= 4 is 16.6 Å². The van der Waals surface area contributed by atoms with Crippen LogP contribution in [-0.4, -0.2) is 18.2 Å². The summed E-state index contributed by atoms with van der Waals surface area (Å²) in [5.41, 5.74) is 4.70. The number of pyridine rings is 1. The highest BCUT2D eigenvalue weighted by molar-refractivity contribution is 5.82. The van der Waals surface area contributed by atoms with Crippen LogP contribution in [0.5, 0.6) is 11.5 Å². The Kier molecular flexibility index (Phi) is 3.84. The van der Waals surface area contributed by atoms with Gasteiger partial charge in [-0.05, 0) is 49.1 Å². The third kappa shape index (κ3) is 3.05. The lowest BCUT2D eigenvalue weighted by atomic mass is 10.1. The van der Waals surface area contributed by atoms with Crippen molar-refractivity contribution < 1.29 is 9.47 Å². The molecule has 1 aliphatic rings. The molecule has 5 nitrogen and oxygen atoms in total. The molecule has 0 saturated carbocycles. The molecule has 0 aliphatic carbocycles. The van der Waals surface area contributed by atoms with Crippen LogP contribution >= 0.6 is 0 Å². The van der Waals surface area contributed by atoms with Crippen LogP contribution in [0.1, 0.15) is 16.7 Å². The summed E-state index contributed by atoms with van der Waals surface area (Å²) in [6, 6.07) is 11.8. The fourth-order valence-corrected chi connectivity index (χ4v) is 3.21. The predicted molar refractivity (Wildman–Crippen MR) is 98.8 cm³/mol. The van der Waals surface area contributed by atoms with Crippen LogP contribution < -0.4 is 20.3 Å². The van der Waals surface area contributed by atoms with Crippen molar-refractivity contribution in [3.63, 3.8) is 0 Å². The molecule has 0 bridgehead atoms. The molecule has 2 N–H and O–H groups in total. The molecular weight excluding hydrogens is 316 g/mol. The lowest BCUT2D eigenvalue weighted by Crippen LogP contribution is -2.17. The van der Waals surface area contributed by atoms with E-state index in [9.17, 15) is 4.79 Å². The van der Waals surface area contributed by atoms with Crippen molar-refractivity contribution in [2.24, 2.45) is 0 Å². The van der Waals surface area contributed by atoms with Crippen LogP contribution in [0, 0.1) is 13.8 Å². The number of hydrogen-bond acceptors (Lipinski definition) is 4. The summed E-state index contributed by atoms with van der Waals surface area (Å²) in [6.45, 7) is 5.64. The number of nitrogens with one attached hydrogen (secondary N) is 2. The third-order valence-electron chi connectivity index (χ3n) is 4.40. The maximum Gasteiger partial charge on any atom is 0.253 e. The third-order valence-corrected chi connectivity index (χ3v) is 4.40. The predicted octanol–water partition coefficient (Wildman–Crippen LogP) is 3.53. The van der Waals surface area contributed by atoms with Gasteiger partial charge >= 0.3 is 0 Å². The number of H-pyrrole nitrogens is 1. The summed E-state index contributed by atoms with van der Waals surface area (Å²) in [5, 5.41) is 4.34. The highest BCUT2D eigenvalue weighted by Crippen LogP contribution is 2.32. The largest absolute Gasteiger partial charge is 0.486 e. The van der Waals surface area contributed by atoms with Crippen LogP contribution in [0.2, 0.25) is 0 Å². The Balaban J connectivity index is 1.60. The molecule has 25 heavy (non-hydrogen) atoms. The van der Waals surface area contributed by atoms with Crippen molar-refractivity contribution in [2.45, 2.75) is 20.4 Å². The summed E-state index contributed by atoms with van der Waals surface area (Å²) in [4.78, 5) is 15.4. The van der Waals surface area contributed by atoms with Gasteiger partial charge in [-0.25, -0.2) is 0 Å². The molecule has 0 amide bonds. The standard InChI is InChI=1S/C20H20N2O3/c1-12-7-13(2)19-14(8-12)9-15(20(23)22-19)11-21-16-3-4-17-18(10-16)25-6-5-24-17/h3-4,7-10,21H,5-6,11H2,1-2H3,(H,22,23). The molecule has 2 aromatic carbocycles. The maximum absolute atomic E-state index is 12.4. The average Bonchev–Trinajstić information content (AvgIpc) is 2.60. The van der Waals surface area contributed by atoms with Crippen molar-refractivity contribution in [1.82, 2.24) is 4.98 Å². The lowest BCUT2D eigenvalue weighted by molar-refractivity contribution is 0.171. The Morgan fingerprint density at radius 2 is 1.84 bits per heavy atom. The Morgan fingerprint density at radius 3 is 2.68 bits per heavy atom. The number of hydrogen-bond donors (Lipinski definition) is 2. The van der Waals surface area contributed by atoms with E-state index in [0.29, 0.717) is 25.3 Å². The summed E-state index contributed by atoms with van der Waals surface area (Å²) < 4.78 is 11.1. The van der Waals surface area contributed by atoms with Crippen LogP contribution in [0.4, 0.5) is 5.69 Å². The first-order valence-corrected chi connectivity index (χ1v) is 8.37. The second kappa shape index (κ2) is 6.16. The van der Waals surface area contributed by atoms with E-state index >= 15 is 0 Å². The first-order valence-electron chi connectivity index (χ1n) is 8.37. The van der Waals surface area contributed by atoms with E-state index in [1.54, 1.807) is 0 Å².